The van der Waals surface area contributed by atoms with E-state index in [4.69, 9.17) is 10.5 Å². The van der Waals surface area contributed by atoms with E-state index in [-0.39, 0.29) is 19.1 Å². The van der Waals surface area contributed by atoms with Gasteiger partial charge in [0.25, 0.3) is 0 Å². The highest BCUT2D eigenvalue weighted by Gasteiger charge is 2.55. The van der Waals surface area contributed by atoms with Crippen LogP contribution in [0, 0.1) is 5.92 Å². The van der Waals surface area contributed by atoms with E-state index in [0.29, 0.717) is 5.82 Å². The molecule has 8 heteroatoms. The molecule has 3 atom stereocenters. The number of hydrogen-bond acceptors (Lipinski definition) is 6. The average molecular weight is 459 g/mol. The van der Waals surface area contributed by atoms with Crippen LogP contribution in [0.2, 0.25) is 0 Å². The number of β-lactam (4-membered cyclic amide) rings is 1. The lowest BCUT2D eigenvalue weighted by molar-refractivity contribution is -0.170. The van der Waals surface area contributed by atoms with Crippen molar-refractivity contribution >= 4 is 23.7 Å². The molecule has 8 nitrogen and oxygen atoms in total. The number of nitrogens with two attached hydrogens (primary N) is 1. The molecule has 34 heavy (non-hydrogen) atoms. The Labute approximate surface area is 197 Å². The fraction of sp³-hybridized carbons (Fsp3) is 0.231. The molecule has 1 fully saturated rings. The molecule has 2 aromatic carbocycles. The first kappa shape index (κ1) is 23.0. The van der Waals surface area contributed by atoms with Crippen LogP contribution in [0.5, 0.6) is 0 Å². The number of urea groups is 1. The molecule has 0 spiro atoms. The molecule has 0 saturated carbocycles. The van der Waals surface area contributed by atoms with E-state index in [1.807, 2.05) is 67.6 Å². The third-order valence-electron chi connectivity index (χ3n) is 5.84. The van der Waals surface area contributed by atoms with Crippen molar-refractivity contribution in [3.63, 3.8) is 0 Å². The molecule has 0 bridgehead atoms. The van der Waals surface area contributed by atoms with E-state index in [1.165, 1.54) is 0 Å². The minimum atomic E-state index is -1.03. The lowest BCUT2D eigenvalue weighted by atomic mass is 9.82. The standard InChI is InChI=1S/C26H26N4O4/c1-17(20-10-6-3-7-11-20)29-26(33)30-23(25(32)34-16-18-8-4-2-5-9-18)21(24(30)31)14-19-12-13-28-22(27)15-19/h2-13,15,17,21,23H,14,16H2,1H3,(H2,27,28)(H,29,33)/t17-,21-,23+/m1/s1. The van der Waals surface area contributed by atoms with Crippen molar-refractivity contribution in [3.8, 4) is 0 Å². The summed E-state index contributed by atoms with van der Waals surface area (Å²) in [5.74, 6) is -1.48. The maximum Gasteiger partial charge on any atom is 0.330 e. The number of amides is 3. The van der Waals surface area contributed by atoms with Crippen LogP contribution in [0.3, 0.4) is 0 Å². The van der Waals surface area contributed by atoms with Crippen LogP contribution in [-0.2, 0) is 27.4 Å². The van der Waals surface area contributed by atoms with Crippen LogP contribution in [-0.4, -0.2) is 33.8 Å². The molecule has 0 aliphatic carbocycles. The number of anilines is 1. The Morgan fingerprint density at radius 3 is 2.41 bits per heavy atom. The molecule has 3 aromatic rings. The number of imide groups is 1. The lowest BCUT2D eigenvalue weighted by Gasteiger charge is -2.44. The largest absolute Gasteiger partial charge is 0.459 e. The number of carbonyl (C=O) groups is 3. The maximum atomic E-state index is 13.0. The molecule has 0 radical (unpaired) electrons. The molecule has 1 aromatic heterocycles. The zero-order valence-electron chi connectivity index (χ0n) is 18.8. The van der Waals surface area contributed by atoms with Crippen molar-refractivity contribution in [1.82, 2.24) is 15.2 Å². The molecule has 1 saturated heterocycles. The van der Waals surface area contributed by atoms with Gasteiger partial charge in [-0.2, -0.15) is 0 Å². The number of ether oxygens (including phenoxy) is 1. The van der Waals surface area contributed by atoms with Crippen molar-refractivity contribution in [2.45, 2.75) is 32.0 Å². The molecule has 4 rings (SSSR count). The number of pyridine rings is 1. The van der Waals surface area contributed by atoms with Crippen LogP contribution in [0.25, 0.3) is 0 Å². The van der Waals surface area contributed by atoms with Gasteiger partial charge >= 0.3 is 12.0 Å². The predicted molar refractivity (Wildman–Crippen MR) is 126 cm³/mol. The molecule has 1 aliphatic heterocycles. The lowest BCUT2D eigenvalue weighted by Crippen LogP contribution is -2.69. The molecule has 2 heterocycles. The number of aromatic nitrogens is 1. The van der Waals surface area contributed by atoms with Crippen LogP contribution in [0.4, 0.5) is 10.6 Å². The van der Waals surface area contributed by atoms with Gasteiger partial charge in [0.1, 0.15) is 12.4 Å². The topological polar surface area (TPSA) is 115 Å². The van der Waals surface area contributed by atoms with Gasteiger partial charge in [-0.25, -0.2) is 19.5 Å². The normalized spacial score (nSPS) is 18.0. The number of carbonyl (C=O) groups excluding carboxylic acids is 3. The molecule has 3 N–H and O–H groups in total. The van der Waals surface area contributed by atoms with Gasteiger partial charge < -0.3 is 15.8 Å². The summed E-state index contributed by atoms with van der Waals surface area (Å²) in [5, 5.41) is 2.81. The molecule has 3 amide bonds. The van der Waals surface area contributed by atoms with Crippen molar-refractivity contribution in [2.75, 3.05) is 5.73 Å². The molecular formula is C26H26N4O4. The van der Waals surface area contributed by atoms with Crippen molar-refractivity contribution in [2.24, 2.45) is 5.92 Å². The van der Waals surface area contributed by atoms with E-state index >= 15 is 0 Å². The van der Waals surface area contributed by atoms with Gasteiger partial charge in [0.15, 0.2) is 6.04 Å². The highest BCUT2D eigenvalue weighted by molar-refractivity contribution is 6.08. The van der Waals surface area contributed by atoms with Gasteiger partial charge in [-0.15, -0.1) is 0 Å². The Hall–Kier alpha value is -4.20. The van der Waals surface area contributed by atoms with E-state index in [9.17, 15) is 14.4 Å². The third-order valence-corrected chi connectivity index (χ3v) is 5.84. The van der Waals surface area contributed by atoms with Crippen LogP contribution in [0.15, 0.2) is 79.0 Å². The minimum absolute atomic E-state index is 0.0508. The average Bonchev–Trinajstić information content (AvgIpc) is 2.85. The van der Waals surface area contributed by atoms with Gasteiger partial charge in [0, 0.05) is 6.20 Å². The fourth-order valence-corrected chi connectivity index (χ4v) is 4.01. The molecule has 0 unspecified atom stereocenters. The number of nitrogen functional groups attached to an aromatic ring is 1. The maximum absolute atomic E-state index is 13.0. The number of nitrogens with zero attached hydrogens (tertiary/aromatic N) is 2. The van der Waals surface area contributed by atoms with E-state index in [0.717, 1.165) is 21.6 Å². The highest BCUT2D eigenvalue weighted by atomic mass is 16.5. The van der Waals surface area contributed by atoms with Gasteiger partial charge in [-0.3, -0.25) is 4.79 Å². The summed E-state index contributed by atoms with van der Waals surface area (Å²) in [6.45, 7) is 1.87. The second kappa shape index (κ2) is 10.2. The smallest absolute Gasteiger partial charge is 0.330 e. The summed E-state index contributed by atoms with van der Waals surface area (Å²) in [4.78, 5) is 44.0. The third kappa shape index (κ3) is 5.06. The Morgan fingerprint density at radius 2 is 1.74 bits per heavy atom. The van der Waals surface area contributed by atoms with Gasteiger partial charge in [-0.1, -0.05) is 60.7 Å². The Kier molecular flexibility index (Phi) is 6.87. The fourth-order valence-electron chi connectivity index (χ4n) is 4.01. The molecule has 174 valence electrons. The number of hydrogen-bond donors (Lipinski definition) is 2. The zero-order chi connectivity index (χ0) is 24.1. The minimum Gasteiger partial charge on any atom is -0.459 e. The summed E-state index contributed by atoms with van der Waals surface area (Å²) in [5.41, 5.74) is 8.21. The number of nitrogens with one attached hydrogen (secondary N) is 1. The first-order chi connectivity index (χ1) is 16.4. The van der Waals surface area contributed by atoms with Gasteiger partial charge in [0.2, 0.25) is 5.91 Å². The summed E-state index contributed by atoms with van der Waals surface area (Å²) in [7, 11) is 0. The SMILES string of the molecule is C[C@@H](NC(=O)N1C(=O)[C@H](Cc2ccnc(N)c2)[C@H]1C(=O)OCc1ccccc1)c1ccccc1. The van der Waals surface area contributed by atoms with Gasteiger partial charge in [-0.05, 0) is 42.2 Å². The van der Waals surface area contributed by atoms with E-state index in [1.54, 1.807) is 18.3 Å². The number of esters is 1. The van der Waals surface area contributed by atoms with Crippen molar-refractivity contribution < 1.29 is 19.1 Å². The molecular weight excluding hydrogens is 432 g/mol. The van der Waals surface area contributed by atoms with Crippen molar-refractivity contribution in [1.29, 1.82) is 0 Å². The Morgan fingerprint density at radius 1 is 1.06 bits per heavy atom. The van der Waals surface area contributed by atoms with Crippen LogP contribution >= 0.6 is 0 Å². The zero-order valence-corrected chi connectivity index (χ0v) is 18.8. The summed E-state index contributed by atoms with van der Waals surface area (Å²) in [6, 6.07) is 20.0. The second-order valence-corrected chi connectivity index (χ2v) is 8.23. The Bertz CT molecular complexity index is 1170. The Balaban J connectivity index is 1.50. The predicted octanol–water partition coefficient (Wildman–Crippen LogP) is 3.25. The highest BCUT2D eigenvalue weighted by Crippen LogP contribution is 2.32. The summed E-state index contributed by atoms with van der Waals surface area (Å²) >= 11 is 0. The number of benzene rings is 2. The summed E-state index contributed by atoms with van der Waals surface area (Å²) in [6.07, 6.45) is 1.79. The van der Waals surface area contributed by atoms with E-state index in [2.05, 4.69) is 10.3 Å². The van der Waals surface area contributed by atoms with E-state index < -0.39 is 29.9 Å². The van der Waals surface area contributed by atoms with Crippen molar-refractivity contribution in [3.05, 3.63) is 95.7 Å². The summed E-state index contributed by atoms with van der Waals surface area (Å²) < 4.78 is 5.49. The number of likely N-dealkylation sites (tertiary alicyclic amines) is 1. The first-order valence-electron chi connectivity index (χ1n) is 11.0. The quantitative estimate of drug-likeness (QED) is 0.415. The van der Waals surface area contributed by atoms with Crippen LogP contribution < -0.4 is 11.1 Å². The monoisotopic (exact) mass is 458 g/mol. The number of rotatable bonds is 7. The first-order valence-corrected chi connectivity index (χ1v) is 11.0. The second-order valence-electron chi connectivity index (χ2n) is 8.23. The van der Waals surface area contributed by atoms with Gasteiger partial charge in [0.05, 0.1) is 12.0 Å². The van der Waals surface area contributed by atoms with Crippen LogP contribution in [0.1, 0.15) is 29.7 Å². The molecule has 1 aliphatic rings.